The average Bonchev–Trinajstić information content (AvgIpc) is 2.95. The summed E-state index contributed by atoms with van der Waals surface area (Å²) in [5.41, 5.74) is 1.10. The highest BCUT2D eigenvalue weighted by Gasteiger charge is 2.06. The number of hydrogen-bond acceptors (Lipinski definition) is 4. The molecule has 108 valence electrons. The summed E-state index contributed by atoms with van der Waals surface area (Å²) in [6.07, 6.45) is 3.82. The predicted octanol–water partition coefficient (Wildman–Crippen LogP) is 2.21. The number of aromatic nitrogens is 2. The Bertz CT molecular complexity index is 552. The van der Waals surface area contributed by atoms with Crippen LogP contribution in [0.4, 0.5) is 0 Å². The van der Waals surface area contributed by atoms with Crippen LogP contribution in [0.1, 0.15) is 18.3 Å². The quantitative estimate of drug-likeness (QED) is 0.841. The zero-order valence-corrected chi connectivity index (χ0v) is 12.2. The maximum atomic E-state index is 5.38. The van der Waals surface area contributed by atoms with Crippen LogP contribution in [0, 0.1) is 0 Å². The second-order valence-electron chi connectivity index (χ2n) is 4.41. The van der Waals surface area contributed by atoms with Crippen molar-refractivity contribution in [2.75, 3.05) is 14.2 Å². The smallest absolute Gasteiger partial charge is 0.127 e. The van der Waals surface area contributed by atoms with Crippen LogP contribution >= 0.6 is 0 Å². The van der Waals surface area contributed by atoms with Gasteiger partial charge in [0.05, 0.1) is 20.8 Å². The number of hydrogen-bond donors (Lipinski definition) is 1. The second-order valence-corrected chi connectivity index (χ2v) is 4.41. The van der Waals surface area contributed by atoms with Gasteiger partial charge in [-0.1, -0.05) is 6.07 Å². The first-order chi connectivity index (χ1) is 9.78. The van der Waals surface area contributed by atoms with Crippen molar-refractivity contribution in [3.05, 3.63) is 42.0 Å². The summed E-state index contributed by atoms with van der Waals surface area (Å²) in [7, 11) is 3.32. The van der Waals surface area contributed by atoms with Crippen LogP contribution in [0.5, 0.6) is 11.5 Å². The van der Waals surface area contributed by atoms with Gasteiger partial charge in [-0.25, -0.2) is 4.98 Å². The first-order valence-corrected chi connectivity index (χ1v) is 6.70. The molecule has 2 aromatic rings. The van der Waals surface area contributed by atoms with Crippen molar-refractivity contribution in [2.24, 2.45) is 0 Å². The Balaban J connectivity index is 1.97. The Kier molecular flexibility index (Phi) is 5.01. The van der Waals surface area contributed by atoms with Crippen molar-refractivity contribution in [3.63, 3.8) is 0 Å². The van der Waals surface area contributed by atoms with E-state index < -0.39 is 0 Å². The maximum Gasteiger partial charge on any atom is 0.127 e. The minimum Gasteiger partial charge on any atom is -0.497 e. The highest BCUT2D eigenvalue weighted by atomic mass is 16.5. The van der Waals surface area contributed by atoms with E-state index in [1.54, 1.807) is 14.2 Å². The van der Waals surface area contributed by atoms with Gasteiger partial charge < -0.3 is 19.4 Å². The van der Waals surface area contributed by atoms with Crippen molar-refractivity contribution in [3.8, 4) is 11.5 Å². The molecule has 0 saturated carbocycles. The number of aryl methyl sites for hydroxylation is 1. The van der Waals surface area contributed by atoms with Gasteiger partial charge in [0.2, 0.25) is 0 Å². The highest BCUT2D eigenvalue weighted by molar-refractivity contribution is 5.40. The molecule has 0 aliphatic rings. The fraction of sp³-hybridized carbons (Fsp3) is 0.400. The fourth-order valence-electron chi connectivity index (χ4n) is 2.10. The first-order valence-electron chi connectivity index (χ1n) is 6.70. The van der Waals surface area contributed by atoms with E-state index in [4.69, 9.17) is 9.47 Å². The van der Waals surface area contributed by atoms with Crippen molar-refractivity contribution in [1.82, 2.24) is 14.9 Å². The van der Waals surface area contributed by atoms with Gasteiger partial charge in [-0.3, -0.25) is 0 Å². The minimum absolute atomic E-state index is 0.726. The molecule has 5 nitrogen and oxygen atoms in total. The van der Waals surface area contributed by atoms with Crippen LogP contribution in [0.3, 0.4) is 0 Å². The summed E-state index contributed by atoms with van der Waals surface area (Å²) >= 11 is 0. The summed E-state index contributed by atoms with van der Waals surface area (Å²) in [5, 5.41) is 3.39. The molecule has 0 amide bonds. The monoisotopic (exact) mass is 275 g/mol. The van der Waals surface area contributed by atoms with E-state index in [2.05, 4.69) is 21.8 Å². The van der Waals surface area contributed by atoms with E-state index in [9.17, 15) is 0 Å². The zero-order chi connectivity index (χ0) is 14.4. The van der Waals surface area contributed by atoms with Crippen molar-refractivity contribution < 1.29 is 9.47 Å². The lowest BCUT2D eigenvalue weighted by molar-refractivity contribution is 0.389. The molecular weight excluding hydrogens is 254 g/mol. The SMILES string of the molecule is CCn1ccnc1CNCc1ccc(OC)cc1OC. The molecule has 0 fully saturated rings. The number of nitrogens with one attached hydrogen (secondary N) is 1. The molecule has 0 aliphatic heterocycles. The molecule has 5 heteroatoms. The normalized spacial score (nSPS) is 10.6. The molecule has 0 spiro atoms. The standard InChI is InChI=1S/C15H21N3O2/c1-4-18-8-7-17-15(18)11-16-10-12-5-6-13(19-2)9-14(12)20-3/h5-9,16H,4,10-11H2,1-3H3. The van der Waals surface area contributed by atoms with Crippen molar-refractivity contribution in [2.45, 2.75) is 26.6 Å². The van der Waals surface area contributed by atoms with Gasteiger partial charge in [0.15, 0.2) is 0 Å². The molecule has 0 unspecified atom stereocenters. The van der Waals surface area contributed by atoms with Crippen LogP contribution in [-0.2, 0) is 19.6 Å². The Labute approximate surface area is 119 Å². The number of rotatable bonds is 7. The number of benzene rings is 1. The maximum absolute atomic E-state index is 5.38. The Morgan fingerprint density at radius 2 is 2.05 bits per heavy atom. The van der Waals surface area contributed by atoms with Gasteiger partial charge in [-0.05, 0) is 13.0 Å². The van der Waals surface area contributed by atoms with Crippen molar-refractivity contribution >= 4 is 0 Å². The molecule has 1 N–H and O–H groups in total. The molecule has 2 rings (SSSR count). The number of nitrogens with zero attached hydrogens (tertiary/aromatic N) is 2. The first kappa shape index (κ1) is 14.4. The number of ether oxygens (including phenoxy) is 2. The molecule has 0 saturated heterocycles. The van der Waals surface area contributed by atoms with Gasteiger partial charge in [0.25, 0.3) is 0 Å². The van der Waals surface area contributed by atoms with Crippen LogP contribution in [0.15, 0.2) is 30.6 Å². The van der Waals surface area contributed by atoms with Crippen LogP contribution in [0.2, 0.25) is 0 Å². The van der Waals surface area contributed by atoms with Crippen LogP contribution < -0.4 is 14.8 Å². The van der Waals surface area contributed by atoms with Gasteiger partial charge in [0, 0.05) is 37.1 Å². The molecule has 0 atom stereocenters. The van der Waals surface area contributed by atoms with E-state index in [-0.39, 0.29) is 0 Å². The highest BCUT2D eigenvalue weighted by Crippen LogP contribution is 2.24. The third kappa shape index (κ3) is 3.30. The van der Waals surface area contributed by atoms with E-state index in [0.717, 1.165) is 42.5 Å². The van der Waals surface area contributed by atoms with Gasteiger partial charge in [0.1, 0.15) is 17.3 Å². The lowest BCUT2D eigenvalue weighted by Crippen LogP contribution is -2.16. The lowest BCUT2D eigenvalue weighted by Gasteiger charge is -2.11. The van der Waals surface area contributed by atoms with E-state index in [0.29, 0.717) is 0 Å². The molecule has 1 aromatic carbocycles. The molecule has 0 aliphatic carbocycles. The Hall–Kier alpha value is -2.01. The average molecular weight is 275 g/mol. The van der Waals surface area contributed by atoms with Gasteiger partial charge in [-0.15, -0.1) is 0 Å². The van der Waals surface area contributed by atoms with Crippen molar-refractivity contribution in [1.29, 1.82) is 0 Å². The van der Waals surface area contributed by atoms with Crippen LogP contribution in [0.25, 0.3) is 0 Å². The second kappa shape index (κ2) is 6.96. The summed E-state index contributed by atoms with van der Waals surface area (Å²) in [5.74, 6) is 2.67. The van der Waals surface area contributed by atoms with E-state index >= 15 is 0 Å². The largest absolute Gasteiger partial charge is 0.497 e. The predicted molar refractivity (Wildman–Crippen MR) is 78.0 cm³/mol. The third-order valence-corrected chi connectivity index (χ3v) is 3.24. The molecule has 1 heterocycles. The zero-order valence-electron chi connectivity index (χ0n) is 12.2. The fourth-order valence-corrected chi connectivity index (χ4v) is 2.10. The Morgan fingerprint density at radius 1 is 1.20 bits per heavy atom. The summed E-state index contributed by atoms with van der Waals surface area (Å²) < 4.78 is 12.7. The van der Waals surface area contributed by atoms with E-state index in [1.807, 2.05) is 30.6 Å². The van der Waals surface area contributed by atoms with Gasteiger partial charge >= 0.3 is 0 Å². The van der Waals surface area contributed by atoms with Gasteiger partial charge in [-0.2, -0.15) is 0 Å². The van der Waals surface area contributed by atoms with E-state index in [1.165, 1.54) is 0 Å². The lowest BCUT2D eigenvalue weighted by atomic mass is 10.2. The molecular formula is C15H21N3O2. The third-order valence-electron chi connectivity index (χ3n) is 3.24. The van der Waals surface area contributed by atoms with Crippen LogP contribution in [-0.4, -0.2) is 23.8 Å². The molecule has 0 bridgehead atoms. The Morgan fingerprint density at radius 3 is 2.75 bits per heavy atom. The summed E-state index contributed by atoms with van der Waals surface area (Å²) in [4.78, 5) is 4.34. The number of methoxy groups -OCH3 is 2. The summed E-state index contributed by atoms with van der Waals surface area (Å²) in [6.45, 7) is 4.50. The topological polar surface area (TPSA) is 48.3 Å². The summed E-state index contributed by atoms with van der Waals surface area (Å²) in [6, 6.07) is 5.84. The molecule has 20 heavy (non-hydrogen) atoms. The number of imidazole rings is 1. The minimum atomic E-state index is 0.726. The molecule has 0 radical (unpaired) electrons. The molecule has 1 aromatic heterocycles.